The van der Waals surface area contributed by atoms with Crippen molar-refractivity contribution < 1.29 is 47.6 Å². The van der Waals surface area contributed by atoms with Crippen LogP contribution < -0.4 is 5.32 Å². The molecule has 0 spiro atoms. The first kappa shape index (κ1) is 38.4. The van der Waals surface area contributed by atoms with Crippen LogP contribution in [0.25, 0.3) is 0 Å². The molecule has 54 heavy (non-hydrogen) atoms. The summed E-state index contributed by atoms with van der Waals surface area (Å²) in [7, 11) is 0. The van der Waals surface area contributed by atoms with Crippen LogP contribution in [-0.4, -0.2) is 69.7 Å². The summed E-state index contributed by atoms with van der Waals surface area (Å²) >= 11 is 0. The molecule has 11 atom stereocenters. The summed E-state index contributed by atoms with van der Waals surface area (Å²) in [6.45, 7) is 7.80. The van der Waals surface area contributed by atoms with Gasteiger partial charge in [0, 0.05) is 46.3 Å². The van der Waals surface area contributed by atoms with E-state index in [-0.39, 0.29) is 48.9 Å². The van der Waals surface area contributed by atoms with Gasteiger partial charge in [0.25, 0.3) is 0 Å². The number of aliphatic hydroxyl groups excluding tert-OH is 2. The zero-order valence-electron chi connectivity index (χ0n) is 31.3. The third-order valence-electron chi connectivity index (χ3n) is 13.4. The summed E-state index contributed by atoms with van der Waals surface area (Å²) in [6, 6.07) is 15.0. The highest BCUT2D eigenvalue weighted by Gasteiger charge is 2.80. The molecule has 4 fully saturated rings. The summed E-state index contributed by atoms with van der Waals surface area (Å²) in [5.41, 5.74) is -3.63. The van der Waals surface area contributed by atoms with Crippen LogP contribution in [0.4, 0.5) is 14.5 Å². The minimum atomic E-state index is -2.32. The van der Waals surface area contributed by atoms with Gasteiger partial charge in [0.1, 0.15) is 18.6 Å². The fourth-order valence-corrected chi connectivity index (χ4v) is 10.4. The molecule has 1 heterocycles. The predicted molar refractivity (Wildman–Crippen MR) is 195 cm³/mol. The average Bonchev–Trinajstić information content (AvgIpc) is 3.63. The van der Waals surface area contributed by atoms with Crippen molar-refractivity contribution in [2.24, 2.45) is 34.5 Å². The van der Waals surface area contributed by atoms with Gasteiger partial charge in [0.2, 0.25) is 5.91 Å². The molecule has 3 N–H and O–H groups in total. The molecule has 5 aliphatic rings. The molecule has 1 amide bonds. The number of benzene rings is 2. The second kappa shape index (κ2) is 13.7. The quantitative estimate of drug-likeness (QED) is 0.265. The predicted octanol–water partition coefficient (Wildman–Crippen LogP) is 6.11. The van der Waals surface area contributed by atoms with Crippen LogP contribution in [0.15, 0.2) is 72.3 Å². The SMILES string of the molecule is CC(C)C(=O)C[C@@H](C)C(=O)Nc1cccc(Cc2ccc(C3O[C@@H]4C[C@H]5[C@@H]6C[C@H](F)C7=CC(=O)C=C[C@]7(C)[C@@]6(F)[C@@H](O)C[C@]5(C)[C@]4(C(=O)CO)O3)cc2)c1. The van der Waals surface area contributed by atoms with Gasteiger partial charge in [-0.25, -0.2) is 8.78 Å². The van der Waals surface area contributed by atoms with Gasteiger partial charge in [-0.05, 0) is 79.5 Å². The molecule has 4 aliphatic carbocycles. The second-order valence-electron chi connectivity index (χ2n) is 16.8. The monoisotopic (exact) mass is 745 g/mol. The van der Waals surface area contributed by atoms with E-state index in [2.05, 4.69) is 5.32 Å². The molecule has 1 unspecified atom stereocenters. The highest BCUT2D eigenvalue weighted by molar-refractivity contribution is 6.01. The van der Waals surface area contributed by atoms with E-state index in [1.807, 2.05) is 56.3 Å². The lowest BCUT2D eigenvalue weighted by Crippen LogP contribution is -2.70. The van der Waals surface area contributed by atoms with Crippen molar-refractivity contribution in [2.45, 2.75) is 103 Å². The first-order chi connectivity index (χ1) is 25.5. The van der Waals surface area contributed by atoms with E-state index >= 15 is 8.78 Å². The Kier molecular flexibility index (Phi) is 9.73. The molecule has 3 saturated carbocycles. The van der Waals surface area contributed by atoms with Crippen LogP contribution in [0.1, 0.15) is 83.3 Å². The molecule has 1 aliphatic heterocycles. The first-order valence-corrected chi connectivity index (χ1v) is 18.9. The van der Waals surface area contributed by atoms with Crippen molar-refractivity contribution in [3.05, 3.63) is 89.0 Å². The zero-order valence-corrected chi connectivity index (χ0v) is 31.3. The molecule has 9 nitrogen and oxygen atoms in total. The van der Waals surface area contributed by atoms with Crippen LogP contribution >= 0.6 is 0 Å². The molecule has 0 bridgehead atoms. The van der Waals surface area contributed by atoms with Gasteiger partial charge in [-0.1, -0.05) is 70.2 Å². The molecular weight excluding hydrogens is 696 g/mol. The van der Waals surface area contributed by atoms with E-state index in [4.69, 9.17) is 9.47 Å². The summed E-state index contributed by atoms with van der Waals surface area (Å²) in [5, 5.41) is 24.9. The number of hydrogen-bond acceptors (Lipinski definition) is 8. The van der Waals surface area contributed by atoms with Crippen molar-refractivity contribution in [1.82, 2.24) is 0 Å². The lowest BCUT2D eigenvalue weighted by molar-refractivity contribution is -0.235. The number of anilines is 1. The van der Waals surface area contributed by atoms with E-state index in [0.29, 0.717) is 17.7 Å². The van der Waals surface area contributed by atoms with E-state index < -0.39 is 82.7 Å². The number of rotatable bonds is 10. The molecule has 11 heteroatoms. The van der Waals surface area contributed by atoms with Gasteiger partial charge in [0.05, 0.1) is 12.2 Å². The topological polar surface area (TPSA) is 139 Å². The fraction of sp³-hybridized carbons (Fsp3) is 0.535. The number of hydrogen-bond donors (Lipinski definition) is 3. The number of nitrogens with one attached hydrogen (secondary N) is 1. The standard InChI is InChI=1S/C43H49F2NO8/c1-23(2)34(49)15-24(3)38(52)46-28-8-6-7-26(17-28)16-25-9-11-27(12-10-25)39-53-37-20-30-31-19-33(44)32-18-29(48)13-14-40(32,4)42(31,45)35(50)21-41(30,5)43(37,54-39)36(51)22-47/h6-14,17-18,23-24,30-31,33,35,37,39,47,50H,15-16,19-22H2,1-5H3,(H,46,52)/t24-,30+,31+,33+,35+,37-,39?,40+,41+,42+,43-/m1/s1. The van der Waals surface area contributed by atoms with Crippen LogP contribution in [0.3, 0.4) is 0 Å². The number of alkyl halides is 2. The largest absolute Gasteiger partial charge is 0.390 e. The lowest BCUT2D eigenvalue weighted by atomic mass is 9.44. The van der Waals surface area contributed by atoms with Crippen LogP contribution in [0.5, 0.6) is 0 Å². The van der Waals surface area contributed by atoms with Crippen molar-refractivity contribution in [3.63, 3.8) is 0 Å². The Balaban J connectivity index is 1.09. The van der Waals surface area contributed by atoms with Crippen LogP contribution in [0, 0.1) is 34.5 Å². The molecule has 1 saturated heterocycles. The Morgan fingerprint density at radius 1 is 1.02 bits per heavy atom. The fourth-order valence-electron chi connectivity index (χ4n) is 10.4. The lowest BCUT2D eigenvalue weighted by Gasteiger charge is -2.63. The number of carbonyl (C=O) groups is 4. The van der Waals surface area contributed by atoms with Gasteiger partial charge in [-0.2, -0.15) is 0 Å². The summed E-state index contributed by atoms with van der Waals surface area (Å²) in [5.74, 6) is -3.49. The third-order valence-corrected chi connectivity index (χ3v) is 13.4. The van der Waals surface area contributed by atoms with Crippen molar-refractivity contribution in [1.29, 1.82) is 0 Å². The number of allylic oxidation sites excluding steroid dienone is 4. The number of aliphatic hydroxyl groups is 2. The normalized spacial score (nSPS) is 37.1. The maximum absolute atomic E-state index is 17.7. The van der Waals surface area contributed by atoms with Gasteiger partial charge < -0.3 is 25.0 Å². The Morgan fingerprint density at radius 3 is 2.43 bits per heavy atom. The maximum atomic E-state index is 17.7. The Bertz CT molecular complexity index is 1930. The van der Waals surface area contributed by atoms with Gasteiger partial charge in [-0.15, -0.1) is 0 Å². The first-order valence-electron chi connectivity index (χ1n) is 18.9. The number of carbonyl (C=O) groups excluding carboxylic acids is 4. The minimum absolute atomic E-state index is 0.0205. The van der Waals surface area contributed by atoms with Crippen molar-refractivity contribution in [3.8, 4) is 0 Å². The van der Waals surface area contributed by atoms with E-state index in [1.165, 1.54) is 19.1 Å². The smallest absolute Gasteiger partial charge is 0.227 e. The number of halogens is 2. The molecule has 0 aromatic heterocycles. The molecule has 288 valence electrons. The summed E-state index contributed by atoms with van der Waals surface area (Å²) < 4.78 is 46.6. The van der Waals surface area contributed by atoms with Gasteiger partial charge in [0.15, 0.2) is 29.1 Å². The van der Waals surface area contributed by atoms with Crippen LogP contribution in [-0.2, 0) is 35.1 Å². The van der Waals surface area contributed by atoms with Crippen molar-refractivity contribution >= 4 is 28.9 Å². The average molecular weight is 746 g/mol. The number of ketones is 3. The maximum Gasteiger partial charge on any atom is 0.227 e. The molecule has 7 rings (SSSR count). The summed E-state index contributed by atoms with van der Waals surface area (Å²) in [6.07, 6.45) is -0.973. The van der Waals surface area contributed by atoms with E-state index in [1.54, 1.807) is 19.9 Å². The number of amides is 1. The molecular formula is C43H49F2NO8. The highest BCUT2D eigenvalue weighted by atomic mass is 19.1. The number of fused-ring (bicyclic) bond motifs is 7. The number of Topliss-reactive ketones (excluding diaryl/α,β-unsaturated/α-hetero) is 2. The van der Waals surface area contributed by atoms with E-state index in [9.17, 15) is 29.4 Å². The summed E-state index contributed by atoms with van der Waals surface area (Å²) in [4.78, 5) is 50.9. The highest BCUT2D eigenvalue weighted by Crippen LogP contribution is 2.72. The Morgan fingerprint density at radius 2 is 1.74 bits per heavy atom. The van der Waals surface area contributed by atoms with Crippen molar-refractivity contribution in [2.75, 3.05) is 11.9 Å². The molecule has 0 radical (unpaired) electrons. The van der Waals surface area contributed by atoms with Crippen LogP contribution in [0.2, 0.25) is 0 Å². The number of ether oxygens (including phenoxy) is 2. The molecule has 2 aromatic carbocycles. The minimum Gasteiger partial charge on any atom is -0.390 e. The van der Waals surface area contributed by atoms with Gasteiger partial charge in [-0.3, -0.25) is 19.2 Å². The molecule has 2 aromatic rings. The Hall–Kier alpha value is -3.90. The van der Waals surface area contributed by atoms with E-state index in [0.717, 1.165) is 17.2 Å². The zero-order chi connectivity index (χ0) is 39.0. The third kappa shape index (κ3) is 5.76. The van der Waals surface area contributed by atoms with Gasteiger partial charge >= 0.3 is 0 Å². The second-order valence-corrected chi connectivity index (χ2v) is 16.8. The Labute approximate surface area is 314 Å².